The number of nitrogens with zero attached hydrogens (tertiary/aromatic N) is 3. The molecule has 0 saturated carbocycles. The minimum atomic E-state index is 0.0943. The van der Waals surface area contributed by atoms with Gasteiger partial charge >= 0.3 is 6.03 Å². The molecule has 0 spiro atoms. The number of likely N-dealkylation sites (tertiary alicyclic amines) is 2. The van der Waals surface area contributed by atoms with Crippen LogP contribution in [0.1, 0.15) is 52.9 Å². The fourth-order valence-electron chi connectivity index (χ4n) is 4.10. The van der Waals surface area contributed by atoms with E-state index in [1.54, 1.807) is 0 Å². The Kier molecular flexibility index (Phi) is 7.15. The lowest BCUT2D eigenvalue weighted by atomic mass is 9.97. The molecule has 3 unspecified atom stereocenters. The van der Waals surface area contributed by atoms with Gasteiger partial charge in [0.1, 0.15) is 0 Å². The van der Waals surface area contributed by atoms with E-state index in [0.717, 1.165) is 39.0 Å². The molecule has 2 fully saturated rings. The number of carbonyl (C=O) groups is 1. The number of hydrogen-bond acceptors (Lipinski definition) is 3. The predicted octanol–water partition coefficient (Wildman–Crippen LogP) is 2.38. The summed E-state index contributed by atoms with van der Waals surface area (Å²) in [6.07, 6.45) is 6.11. The van der Waals surface area contributed by atoms with Crippen LogP contribution in [0.4, 0.5) is 4.79 Å². The molecule has 5 heteroatoms. The van der Waals surface area contributed by atoms with E-state index < -0.39 is 0 Å². The van der Waals surface area contributed by atoms with E-state index in [4.69, 9.17) is 0 Å². The molecule has 1 N–H and O–H groups in total. The van der Waals surface area contributed by atoms with Crippen molar-refractivity contribution >= 4 is 6.03 Å². The molecule has 0 aromatic rings. The van der Waals surface area contributed by atoms with Gasteiger partial charge in [0.15, 0.2) is 0 Å². The molecule has 2 rings (SSSR count). The molecule has 134 valence electrons. The van der Waals surface area contributed by atoms with Crippen molar-refractivity contribution in [2.75, 3.05) is 39.8 Å². The quantitative estimate of drug-likeness (QED) is 0.844. The van der Waals surface area contributed by atoms with Gasteiger partial charge in [0, 0.05) is 44.8 Å². The monoisotopic (exact) mass is 324 g/mol. The number of piperidine rings is 2. The van der Waals surface area contributed by atoms with Gasteiger partial charge in [-0.05, 0) is 52.6 Å². The minimum Gasteiger partial charge on any atom is -0.337 e. The Morgan fingerprint density at radius 3 is 2.57 bits per heavy atom. The lowest BCUT2D eigenvalue weighted by Crippen LogP contribution is -2.52. The van der Waals surface area contributed by atoms with Crippen molar-refractivity contribution in [3.8, 4) is 0 Å². The Bertz CT molecular complexity index is 376. The van der Waals surface area contributed by atoms with E-state index >= 15 is 0 Å². The Morgan fingerprint density at radius 1 is 1.13 bits per heavy atom. The van der Waals surface area contributed by atoms with Crippen LogP contribution in [0, 0.1) is 0 Å². The van der Waals surface area contributed by atoms with Crippen LogP contribution in [0.2, 0.25) is 0 Å². The minimum absolute atomic E-state index is 0.0943. The smallest absolute Gasteiger partial charge is 0.317 e. The van der Waals surface area contributed by atoms with Gasteiger partial charge < -0.3 is 15.1 Å². The lowest BCUT2D eigenvalue weighted by molar-refractivity contribution is 0.0995. The van der Waals surface area contributed by atoms with Gasteiger partial charge in [0.2, 0.25) is 0 Å². The zero-order chi connectivity index (χ0) is 16.8. The maximum atomic E-state index is 12.4. The average Bonchev–Trinajstić information content (AvgIpc) is 2.55. The van der Waals surface area contributed by atoms with E-state index in [1.165, 1.54) is 25.8 Å². The van der Waals surface area contributed by atoms with Gasteiger partial charge in [0.05, 0.1) is 0 Å². The molecule has 2 aliphatic rings. The summed E-state index contributed by atoms with van der Waals surface area (Å²) < 4.78 is 0. The fourth-order valence-corrected chi connectivity index (χ4v) is 4.10. The van der Waals surface area contributed by atoms with Crippen LogP contribution in [-0.2, 0) is 0 Å². The van der Waals surface area contributed by atoms with Crippen molar-refractivity contribution < 1.29 is 4.79 Å². The van der Waals surface area contributed by atoms with E-state index in [9.17, 15) is 4.79 Å². The molecule has 23 heavy (non-hydrogen) atoms. The largest absolute Gasteiger partial charge is 0.337 e. The van der Waals surface area contributed by atoms with Crippen LogP contribution < -0.4 is 5.32 Å². The van der Waals surface area contributed by atoms with E-state index in [-0.39, 0.29) is 6.03 Å². The number of rotatable bonds is 5. The summed E-state index contributed by atoms with van der Waals surface area (Å²) in [5, 5.41) is 3.12. The number of hydrogen-bond donors (Lipinski definition) is 1. The first kappa shape index (κ1) is 18.5. The summed E-state index contributed by atoms with van der Waals surface area (Å²) in [5.74, 6) is 0. The fraction of sp³-hybridized carbons (Fsp3) is 0.944. The van der Waals surface area contributed by atoms with Gasteiger partial charge in [0.25, 0.3) is 0 Å². The Balaban J connectivity index is 1.70. The van der Waals surface area contributed by atoms with Crippen molar-refractivity contribution in [1.29, 1.82) is 0 Å². The molecule has 0 aromatic heterocycles. The third kappa shape index (κ3) is 5.08. The van der Waals surface area contributed by atoms with Gasteiger partial charge in [-0.1, -0.05) is 13.3 Å². The molecule has 2 heterocycles. The molecule has 2 aliphatic heterocycles. The Hall–Kier alpha value is -0.810. The molecule has 2 amide bonds. The van der Waals surface area contributed by atoms with Crippen LogP contribution in [0.3, 0.4) is 0 Å². The molecule has 0 radical (unpaired) electrons. The highest BCUT2D eigenvalue weighted by Gasteiger charge is 2.29. The molecule has 5 nitrogen and oxygen atoms in total. The predicted molar refractivity (Wildman–Crippen MR) is 95.8 cm³/mol. The van der Waals surface area contributed by atoms with E-state index in [2.05, 4.69) is 35.9 Å². The maximum Gasteiger partial charge on any atom is 0.317 e. The average molecular weight is 325 g/mol. The normalized spacial score (nSPS) is 30.2. The molecule has 3 atom stereocenters. The highest BCUT2D eigenvalue weighted by Crippen LogP contribution is 2.20. The highest BCUT2D eigenvalue weighted by atomic mass is 16.2. The standard InChI is InChI=1S/C18H36N4O/c1-5-21-12-9-17(14-16(21)3)20(4)18(23)19-10-13-22-11-7-6-8-15(22)2/h15-17H,5-14H2,1-4H3,(H,19,23). The van der Waals surface area contributed by atoms with Gasteiger partial charge in [-0.15, -0.1) is 0 Å². The Morgan fingerprint density at radius 2 is 1.91 bits per heavy atom. The summed E-state index contributed by atoms with van der Waals surface area (Å²) in [6, 6.07) is 1.71. The SMILES string of the molecule is CCN1CCC(N(C)C(=O)NCCN2CCCCC2C)CC1C. The first-order chi connectivity index (χ1) is 11.0. The second-order valence-corrected chi connectivity index (χ2v) is 7.38. The summed E-state index contributed by atoms with van der Waals surface area (Å²) in [6.45, 7) is 11.9. The molecular formula is C18H36N4O. The van der Waals surface area contributed by atoms with E-state index in [1.807, 2.05) is 11.9 Å². The topological polar surface area (TPSA) is 38.8 Å². The zero-order valence-electron chi connectivity index (χ0n) is 15.6. The van der Waals surface area contributed by atoms with Crippen LogP contribution in [-0.4, -0.2) is 78.6 Å². The highest BCUT2D eigenvalue weighted by molar-refractivity contribution is 5.74. The number of nitrogens with one attached hydrogen (secondary N) is 1. The van der Waals surface area contributed by atoms with Crippen molar-refractivity contribution in [2.45, 2.75) is 71.0 Å². The van der Waals surface area contributed by atoms with Gasteiger partial charge in [-0.2, -0.15) is 0 Å². The molecular weight excluding hydrogens is 288 g/mol. The van der Waals surface area contributed by atoms with Crippen molar-refractivity contribution in [3.63, 3.8) is 0 Å². The van der Waals surface area contributed by atoms with Gasteiger partial charge in [-0.3, -0.25) is 4.90 Å². The van der Waals surface area contributed by atoms with Crippen LogP contribution in [0.25, 0.3) is 0 Å². The first-order valence-corrected chi connectivity index (χ1v) is 9.51. The number of urea groups is 1. The number of amides is 2. The summed E-state index contributed by atoms with van der Waals surface area (Å²) in [5.41, 5.74) is 0. The molecule has 0 bridgehead atoms. The van der Waals surface area contributed by atoms with Crippen molar-refractivity contribution in [3.05, 3.63) is 0 Å². The molecule has 0 aromatic carbocycles. The first-order valence-electron chi connectivity index (χ1n) is 9.51. The molecule has 0 aliphatic carbocycles. The number of carbonyl (C=O) groups excluding carboxylic acids is 1. The van der Waals surface area contributed by atoms with Crippen LogP contribution >= 0.6 is 0 Å². The Labute approximate surface area is 142 Å². The zero-order valence-corrected chi connectivity index (χ0v) is 15.6. The lowest BCUT2D eigenvalue weighted by Gasteiger charge is -2.40. The second-order valence-electron chi connectivity index (χ2n) is 7.38. The maximum absolute atomic E-state index is 12.4. The second kappa shape index (κ2) is 8.88. The van der Waals surface area contributed by atoms with Crippen molar-refractivity contribution in [1.82, 2.24) is 20.0 Å². The van der Waals surface area contributed by atoms with Crippen LogP contribution in [0.15, 0.2) is 0 Å². The van der Waals surface area contributed by atoms with E-state index in [0.29, 0.717) is 18.1 Å². The summed E-state index contributed by atoms with van der Waals surface area (Å²) in [4.78, 5) is 19.3. The van der Waals surface area contributed by atoms with Gasteiger partial charge in [-0.25, -0.2) is 4.79 Å². The molecule has 2 saturated heterocycles. The third-order valence-corrected chi connectivity index (χ3v) is 5.88. The summed E-state index contributed by atoms with van der Waals surface area (Å²) in [7, 11) is 1.96. The van der Waals surface area contributed by atoms with Crippen LogP contribution in [0.5, 0.6) is 0 Å². The van der Waals surface area contributed by atoms with Crippen molar-refractivity contribution in [2.24, 2.45) is 0 Å². The third-order valence-electron chi connectivity index (χ3n) is 5.88. The summed E-state index contributed by atoms with van der Waals surface area (Å²) >= 11 is 0.